The number of furan rings is 1. The van der Waals surface area contributed by atoms with Crippen LogP contribution in [0, 0.1) is 0 Å². The molecule has 0 saturated heterocycles. The van der Waals surface area contributed by atoms with Crippen molar-refractivity contribution >= 4 is 64.5 Å². The van der Waals surface area contributed by atoms with Crippen LogP contribution in [-0.4, -0.2) is 19.9 Å². The molecule has 0 N–H and O–H groups in total. The monoisotopic (exact) mass is 622 g/mol. The molecule has 0 aliphatic carbocycles. The summed E-state index contributed by atoms with van der Waals surface area (Å²) in [5, 5.41) is 4.35. The van der Waals surface area contributed by atoms with Gasteiger partial charge in [-0.3, -0.25) is 0 Å². The number of hydrogen-bond acceptors (Lipinski definition) is 7. The van der Waals surface area contributed by atoms with Crippen LogP contribution in [0.25, 0.3) is 98.8 Å². The fraction of sp³-hybridized carbons (Fsp3) is 0. The number of nitrogens with zero attached hydrogens (tertiary/aromatic N) is 4. The molecule has 0 unspecified atom stereocenters. The van der Waals surface area contributed by atoms with Crippen LogP contribution in [0.15, 0.2) is 142 Å². The number of benzene rings is 6. The highest BCUT2D eigenvalue weighted by molar-refractivity contribution is 7.25. The van der Waals surface area contributed by atoms with E-state index in [1.807, 2.05) is 78.9 Å². The number of fused-ring (bicyclic) bond motifs is 7. The summed E-state index contributed by atoms with van der Waals surface area (Å²) in [6.07, 6.45) is 0. The highest BCUT2D eigenvalue weighted by Gasteiger charge is 2.21. The Hall–Kier alpha value is -6.18. The predicted molar refractivity (Wildman–Crippen MR) is 189 cm³/mol. The molecule has 10 aromatic rings. The Balaban J connectivity index is 1.19. The van der Waals surface area contributed by atoms with Crippen LogP contribution in [0.4, 0.5) is 0 Å². The van der Waals surface area contributed by atoms with E-state index in [9.17, 15) is 0 Å². The van der Waals surface area contributed by atoms with Gasteiger partial charge >= 0.3 is 0 Å². The van der Waals surface area contributed by atoms with Crippen molar-refractivity contribution in [3.05, 3.63) is 133 Å². The number of thiophene rings is 1. The zero-order chi connectivity index (χ0) is 30.9. The van der Waals surface area contributed by atoms with Gasteiger partial charge in [0.25, 0.3) is 0 Å². The van der Waals surface area contributed by atoms with Crippen LogP contribution in [0.3, 0.4) is 0 Å². The quantitative estimate of drug-likeness (QED) is 0.194. The van der Waals surface area contributed by atoms with E-state index in [0.717, 1.165) is 44.1 Å². The smallest absolute Gasteiger partial charge is 0.231 e. The first kappa shape index (κ1) is 26.1. The Kier molecular flexibility index (Phi) is 5.64. The van der Waals surface area contributed by atoms with Crippen LogP contribution in [0.5, 0.6) is 0 Å². The van der Waals surface area contributed by atoms with Crippen LogP contribution in [0.1, 0.15) is 0 Å². The Bertz CT molecular complexity index is 2780. The van der Waals surface area contributed by atoms with Gasteiger partial charge in [0.1, 0.15) is 16.7 Å². The molecule has 0 saturated carbocycles. The largest absolute Gasteiger partial charge is 0.454 e. The minimum atomic E-state index is 0.516. The van der Waals surface area contributed by atoms with Gasteiger partial charge in [-0.25, -0.2) is 19.9 Å². The second kappa shape index (κ2) is 10.2. The summed E-state index contributed by atoms with van der Waals surface area (Å²) in [5.74, 6) is 2.26. The summed E-state index contributed by atoms with van der Waals surface area (Å²) in [6, 6.07) is 44.9. The summed E-state index contributed by atoms with van der Waals surface area (Å²) >= 11 is 1.79. The molecular weight excluding hydrogens is 601 g/mol. The maximum absolute atomic E-state index is 6.71. The molecule has 10 rings (SSSR count). The Morgan fingerprint density at radius 1 is 0.426 bits per heavy atom. The molecule has 0 bridgehead atoms. The number of para-hydroxylation sites is 4. The standard InChI is InChI=1S/C40H22N4O2S/c1-2-10-23(11-3-1)37-42-38(24-20-21-34-30(22-24)25-12-4-7-19-33(25)47-34)44-39(43-37)28-15-8-13-26-27-14-9-16-29(36(27)46-35(26)28)40-41-31-17-5-6-18-32(31)45-40/h1-22H. The molecule has 0 aliphatic heterocycles. The van der Waals surface area contributed by atoms with Gasteiger partial charge in [-0.05, 0) is 48.5 Å². The van der Waals surface area contributed by atoms with Crippen LogP contribution in [0.2, 0.25) is 0 Å². The lowest BCUT2D eigenvalue weighted by molar-refractivity contribution is 0.615. The molecule has 6 aromatic carbocycles. The SMILES string of the molecule is c1ccc(-c2nc(-c3ccc4sc5ccccc5c4c3)nc(-c3cccc4c3oc3c(-c5nc6ccccc6o5)cccc34)n2)cc1. The molecule has 47 heavy (non-hydrogen) atoms. The van der Waals surface area contributed by atoms with E-state index in [1.165, 1.54) is 20.2 Å². The van der Waals surface area contributed by atoms with Gasteiger partial charge in [-0.2, -0.15) is 0 Å². The first-order chi connectivity index (χ1) is 23.3. The molecule has 0 radical (unpaired) electrons. The number of aromatic nitrogens is 4. The van der Waals surface area contributed by atoms with E-state index in [2.05, 4.69) is 54.6 Å². The van der Waals surface area contributed by atoms with E-state index in [4.69, 9.17) is 28.8 Å². The zero-order valence-electron chi connectivity index (χ0n) is 24.7. The number of oxazole rings is 1. The van der Waals surface area contributed by atoms with Gasteiger partial charge in [0.2, 0.25) is 5.89 Å². The summed E-state index contributed by atoms with van der Waals surface area (Å²) in [6.45, 7) is 0. The summed E-state index contributed by atoms with van der Waals surface area (Å²) < 4.78 is 15.3. The first-order valence-electron chi connectivity index (χ1n) is 15.3. The maximum Gasteiger partial charge on any atom is 0.231 e. The topological polar surface area (TPSA) is 77.8 Å². The van der Waals surface area contributed by atoms with E-state index >= 15 is 0 Å². The second-order valence-electron chi connectivity index (χ2n) is 11.4. The number of rotatable bonds is 4. The van der Waals surface area contributed by atoms with E-state index in [0.29, 0.717) is 34.5 Å². The Labute approximate surface area is 271 Å². The van der Waals surface area contributed by atoms with Gasteiger partial charge in [-0.15, -0.1) is 11.3 Å². The van der Waals surface area contributed by atoms with Crippen LogP contribution < -0.4 is 0 Å². The van der Waals surface area contributed by atoms with E-state index in [1.54, 1.807) is 11.3 Å². The normalized spacial score (nSPS) is 11.8. The highest BCUT2D eigenvalue weighted by atomic mass is 32.1. The fourth-order valence-electron chi connectivity index (χ4n) is 6.36. The molecular formula is C40H22N4O2S. The van der Waals surface area contributed by atoms with Crippen molar-refractivity contribution in [2.45, 2.75) is 0 Å². The molecule has 4 heterocycles. The van der Waals surface area contributed by atoms with E-state index < -0.39 is 0 Å². The fourth-order valence-corrected chi connectivity index (χ4v) is 7.45. The average molecular weight is 623 g/mol. The molecule has 7 heteroatoms. The van der Waals surface area contributed by atoms with E-state index in [-0.39, 0.29) is 0 Å². The van der Waals surface area contributed by atoms with Gasteiger partial charge < -0.3 is 8.83 Å². The van der Waals surface area contributed by atoms with Crippen molar-refractivity contribution in [3.8, 4) is 45.6 Å². The van der Waals surface area contributed by atoms with Crippen molar-refractivity contribution in [1.29, 1.82) is 0 Å². The summed E-state index contributed by atoms with van der Waals surface area (Å²) in [5.41, 5.74) is 6.34. The third-order valence-corrected chi connectivity index (χ3v) is 9.74. The lowest BCUT2D eigenvalue weighted by Gasteiger charge is -2.09. The van der Waals surface area contributed by atoms with Crippen molar-refractivity contribution in [2.75, 3.05) is 0 Å². The summed E-state index contributed by atoms with van der Waals surface area (Å²) in [7, 11) is 0. The van der Waals surface area contributed by atoms with Crippen molar-refractivity contribution in [1.82, 2.24) is 19.9 Å². The molecule has 0 amide bonds. The van der Waals surface area contributed by atoms with Crippen LogP contribution in [-0.2, 0) is 0 Å². The minimum absolute atomic E-state index is 0.516. The Morgan fingerprint density at radius 2 is 1.09 bits per heavy atom. The minimum Gasteiger partial charge on any atom is -0.454 e. The lowest BCUT2D eigenvalue weighted by Crippen LogP contribution is -2.00. The maximum atomic E-state index is 6.71. The average Bonchev–Trinajstić information content (AvgIpc) is 3.85. The van der Waals surface area contributed by atoms with Gasteiger partial charge in [0, 0.05) is 42.1 Å². The van der Waals surface area contributed by atoms with Gasteiger partial charge in [0.05, 0.1) is 11.1 Å². The molecule has 0 aliphatic rings. The molecule has 0 spiro atoms. The predicted octanol–water partition coefficient (Wildman–Crippen LogP) is 10.9. The van der Waals surface area contributed by atoms with Gasteiger partial charge in [-0.1, -0.05) is 84.9 Å². The summed E-state index contributed by atoms with van der Waals surface area (Å²) in [4.78, 5) is 19.9. The van der Waals surface area contributed by atoms with Crippen molar-refractivity contribution in [2.24, 2.45) is 0 Å². The van der Waals surface area contributed by atoms with Crippen molar-refractivity contribution in [3.63, 3.8) is 0 Å². The highest BCUT2D eigenvalue weighted by Crippen LogP contribution is 2.41. The number of hydrogen-bond donors (Lipinski definition) is 0. The molecule has 4 aromatic heterocycles. The third kappa shape index (κ3) is 4.17. The van der Waals surface area contributed by atoms with Crippen LogP contribution >= 0.6 is 11.3 Å². The molecule has 0 fully saturated rings. The molecule has 0 atom stereocenters. The Morgan fingerprint density at radius 3 is 1.94 bits per heavy atom. The second-order valence-corrected chi connectivity index (χ2v) is 12.5. The third-order valence-electron chi connectivity index (χ3n) is 8.59. The van der Waals surface area contributed by atoms with Gasteiger partial charge in [0.15, 0.2) is 23.1 Å². The zero-order valence-corrected chi connectivity index (χ0v) is 25.5. The molecule has 220 valence electrons. The first-order valence-corrected chi connectivity index (χ1v) is 16.1. The molecule has 6 nitrogen and oxygen atoms in total. The lowest BCUT2D eigenvalue weighted by atomic mass is 10.1. The van der Waals surface area contributed by atoms with Crippen molar-refractivity contribution < 1.29 is 8.83 Å².